The Hall–Kier alpha value is -0.530. The van der Waals surface area contributed by atoms with Crippen molar-refractivity contribution in [3.63, 3.8) is 0 Å². The quantitative estimate of drug-likeness (QED) is 0.612. The lowest BCUT2D eigenvalue weighted by Gasteiger charge is -2.05. The van der Waals surface area contributed by atoms with E-state index in [9.17, 15) is 4.79 Å². The Morgan fingerprint density at radius 3 is 2.64 bits per heavy atom. The van der Waals surface area contributed by atoms with E-state index in [0.29, 0.717) is 12.3 Å². The van der Waals surface area contributed by atoms with E-state index in [1.165, 1.54) is 0 Å². The molecule has 0 radical (unpaired) electrons. The largest absolute Gasteiger partial charge is 0.356 e. The molecular weight excluding hydrogens is 138 g/mol. The summed E-state index contributed by atoms with van der Waals surface area (Å²) >= 11 is 0. The third kappa shape index (κ3) is 7.37. The molecule has 0 saturated heterocycles. The number of rotatable bonds is 5. The number of carbonyl (C=O) groups is 1. The fraction of sp³-hybridized carbons (Fsp3) is 0.889. The molecule has 0 bridgehead atoms. The number of hydrogen-bond donors (Lipinski definition) is 1. The van der Waals surface area contributed by atoms with Crippen LogP contribution in [0.1, 0.15) is 41.5 Å². The minimum Gasteiger partial charge on any atom is -0.356 e. The van der Waals surface area contributed by atoms with Crippen molar-refractivity contribution in [2.24, 2.45) is 5.92 Å². The number of carbonyl (C=O) groups excluding carboxylic acids is 1. The smallest absolute Gasteiger partial charge is 0.220 e. The van der Waals surface area contributed by atoms with Gasteiger partial charge in [0.2, 0.25) is 5.91 Å². The molecule has 0 aromatic rings. The SMILES string of the molecule is CCCCNC(=O)CC(C)C.[HH]. The summed E-state index contributed by atoms with van der Waals surface area (Å²) in [5, 5.41) is 2.88. The molecule has 1 amide bonds. The Balaban J connectivity index is 0. The predicted molar refractivity (Wildman–Crippen MR) is 49.5 cm³/mol. The zero-order chi connectivity index (χ0) is 8.69. The average molecular weight is 159 g/mol. The molecule has 0 aliphatic heterocycles. The number of unbranched alkanes of at least 4 members (excludes halogenated alkanes) is 1. The fourth-order valence-corrected chi connectivity index (χ4v) is 0.848. The molecule has 0 saturated carbocycles. The first-order valence-electron chi connectivity index (χ1n) is 4.43. The van der Waals surface area contributed by atoms with Gasteiger partial charge in [-0.3, -0.25) is 4.79 Å². The molecular formula is C9H21NO. The maximum atomic E-state index is 11.0. The minimum absolute atomic E-state index is 0. The van der Waals surface area contributed by atoms with E-state index >= 15 is 0 Å². The number of hydrogen-bond acceptors (Lipinski definition) is 1. The lowest BCUT2D eigenvalue weighted by molar-refractivity contribution is -0.121. The Morgan fingerprint density at radius 2 is 2.18 bits per heavy atom. The lowest BCUT2D eigenvalue weighted by atomic mass is 10.1. The second kappa shape index (κ2) is 6.20. The Labute approximate surface area is 70.9 Å². The minimum atomic E-state index is 0. The zero-order valence-corrected chi connectivity index (χ0v) is 7.81. The summed E-state index contributed by atoms with van der Waals surface area (Å²) < 4.78 is 0. The second-order valence-corrected chi connectivity index (χ2v) is 3.30. The van der Waals surface area contributed by atoms with E-state index in [1.807, 2.05) is 0 Å². The highest BCUT2D eigenvalue weighted by molar-refractivity contribution is 5.75. The average Bonchev–Trinajstić information content (AvgIpc) is 1.86. The number of nitrogens with one attached hydrogen (secondary N) is 1. The van der Waals surface area contributed by atoms with Crippen molar-refractivity contribution >= 4 is 5.91 Å². The van der Waals surface area contributed by atoms with Gasteiger partial charge in [0.25, 0.3) is 0 Å². The fourth-order valence-electron chi connectivity index (χ4n) is 0.848. The van der Waals surface area contributed by atoms with Gasteiger partial charge in [0.1, 0.15) is 0 Å². The van der Waals surface area contributed by atoms with Gasteiger partial charge in [-0.25, -0.2) is 0 Å². The topological polar surface area (TPSA) is 29.1 Å². The summed E-state index contributed by atoms with van der Waals surface area (Å²) in [5.74, 6) is 0.657. The van der Waals surface area contributed by atoms with Crippen LogP contribution in [-0.2, 0) is 4.79 Å². The van der Waals surface area contributed by atoms with Crippen LogP contribution >= 0.6 is 0 Å². The third-order valence-electron chi connectivity index (χ3n) is 1.45. The first-order valence-corrected chi connectivity index (χ1v) is 4.43. The molecule has 11 heavy (non-hydrogen) atoms. The van der Waals surface area contributed by atoms with Crippen LogP contribution in [0.4, 0.5) is 0 Å². The van der Waals surface area contributed by atoms with Crippen molar-refractivity contribution < 1.29 is 6.22 Å². The molecule has 0 aromatic carbocycles. The van der Waals surface area contributed by atoms with Gasteiger partial charge in [-0.2, -0.15) is 0 Å². The van der Waals surface area contributed by atoms with Crippen LogP contribution in [0.5, 0.6) is 0 Å². The third-order valence-corrected chi connectivity index (χ3v) is 1.45. The van der Waals surface area contributed by atoms with Gasteiger partial charge < -0.3 is 5.32 Å². The Kier molecular flexibility index (Phi) is 5.90. The van der Waals surface area contributed by atoms with Crippen molar-refractivity contribution in [3.05, 3.63) is 0 Å². The molecule has 1 N–H and O–H groups in total. The number of amides is 1. The molecule has 2 nitrogen and oxygen atoms in total. The van der Waals surface area contributed by atoms with Crippen LogP contribution < -0.4 is 5.32 Å². The molecule has 0 fully saturated rings. The monoisotopic (exact) mass is 159 g/mol. The summed E-state index contributed by atoms with van der Waals surface area (Å²) in [5.41, 5.74) is 0. The van der Waals surface area contributed by atoms with Crippen molar-refractivity contribution in [2.75, 3.05) is 6.54 Å². The van der Waals surface area contributed by atoms with E-state index in [4.69, 9.17) is 0 Å². The summed E-state index contributed by atoms with van der Waals surface area (Å²) in [6, 6.07) is 0. The standard InChI is InChI=1S/C9H19NO.H2/c1-4-5-6-10-9(11)7-8(2)3;/h8H,4-7H2,1-3H3,(H,10,11);1H. The second-order valence-electron chi connectivity index (χ2n) is 3.30. The molecule has 0 atom stereocenters. The van der Waals surface area contributed by atoms with E-state index in [0.717, 1.165) is 19.4 Å². The first kappa shape index (κ1) is 10.5. The molecule has 0 rings (SSSR count). The maximum absolute atomic E-state index is 11.0. The zero-order valence-electron chi connectivity index (χ0n) is 7.81. The van der Waals surface area contributed by atoms with Crippen LogP contribution in [0.3, 0.4) is 0 Å². The molecule has 0 aliphatic rings. The van der Waals surface area contributed by atoms with Crippen molar-refractivity contribution in [3.8, 4) is 0 Å². The van der Waals surface area contributed by atoms with E-state index in [-0.39, 0.29) is 7.33 Å². The van der Waals surface area contributed by atoms with Crippen LogP contribution in [0.15, 0.2) is 0 Å². The predicted octanol–water partition coefficient (Wildman–Crippen LogP) is 2.19. The molecule has 0 aromatic heterocycles. The maximum Gasteiger partial charge on any atom is 0.220 e. The summed E-state index contributed by atoms with van der Waals surface area (Å²) in [7, 11) is 0. The first-order chi connectivity index (χ1) is 5.16. The van der Waals surface area contributed by atoms with Gasteiger partial charge >= 0.3 is 0 Å². The van der Waals surface area contributed by atoms with Gasteiger partial charge in [-0.05, 0) is 12.3 Å². The summed E-state index contributed by atoms with van der Waals surface area (Å²) in [6.45, 7) is 7.06. The normalized spacial score (nSPS) is 10.2. The van der Waals surface area contributed by atoms with Crippen molar-refractivity contribution in [2.45, 2.75) is 40.0 Å². The molecule has 0 unspecified atom stereocenters. The van der Waals surface area contributed by atoms with E-state index in [1.54, 1.807) is 0 Å². The highest BCUT2D eigenvalue weighted by Gasteiger charge is 2.02. The van der Waals surface area contributed by atoms with Crippen LogP contribution in [0.2, 0.25) is 0 Å². The summed E-state index contributed by atoms with van der Waals surface area (Å²) in [4.78, 5) is 11.0. The van der Waals surface area contributed by atoms with Crippen LogP contribution in [0, 0.1) is 5.92 Å². The van der Waals surface area contributed by atoms with Gasteiger partial charge in [0.05, 0.1) is 0 Å². The van der Waals surface area contributed by atoms with Crippen molar-refractivity contribution in [1.29, 1.82) is 0 Å². The highest BCUT2D eigenvalue weighted by Crippen LogP contribution is 1.97. The molecule has 0 aliphatic carbocycles. The molecule has 0 spiro atoms. The molecule has 0 heterocycles. The lowest BCUT2D eigenvalue weighted by Crippen LogP contribution is -2.25. The van der Waals surface area contributed by atoms with Gasteiger partial charge in [-0.15, -0.1) is 0 Å². The van der Waals surface area contributed by atoms with Crippen LogP contribution in [-0.4, -0.2) is 12.5 Å². The van der Waals surface area contributed by atoms with E-state index < -0.39 is 0 Å². The Bertz CT molecular complexity index is 115. The van der Waals surface area contributed by atoms with Crippen molar-refractivity contribution in [1.82, 2.24) is 5.32 Å². The van der Waals surface area contributed by atoms with E-state index in [2.05, 4.69) is 26.1 Å². The van der Waals surface area contributed by atoms with Gasteiger partial charge in [-0.1, -0.05) is 27.2 Å². The molecule has 68 valence electrons. The Morgan fingerprint density at radius 1 is 1.55 bits per heavy atom. The van der Waals surface area contributed by atoms with Gasteiger partial charge in [0.15, 0.2) is 0 Å². The molecule has 2 heteroatoms. The summed E-state index contributed by atoms with van der Waals surface area (Å²) in [6.07, 6.45) is 2.88. The van der Waals surface area contributed by atoms with Crippen LogP contribution in [0.25, 0.3) is 0 Å². The van der Waals surface area contributed by atoms with Gasteiger partial charge in [0, 0.05) is 14.4 Å². The highest BCUT2D eigenvalue weighted by atomic mass is 16.1.